The molecule has 1 N–H and O–H groups in total. The number of hydrogen-bond donors (Lipinski definition) is 1. The molecule has 1 saturated carbocycles. The number of nitrogens with zero attached hydrogens (tertiary/aromatic N) is 1. The molecule has 1 aromatic carbocycles. The molecule has 1 aliphatic rings. The van der Waals surface area contributed by atoms with Crippen LogP contribution in [0.25, 0.3) is 0 Å². The van der Waals surface area contributed by atoms with Crippen LogP contribution in [0.4, 0.5) is 18.9 Å². The molecule has 162 valence electrons. The van der Waals surface area contributed by atoms with Crippen molar-refractivity contribution in [3.05, 3.63) is 29.3 Å². The molecular formula is C22H33F3N2OSi. The summed E-state index contributed by atoms with van der Waals surface area (Å²) in [6.07, 6.45) is -1.81. The highest BCUT2D eigenvalue weighted by atomic mass is 28.4. The first-order valence-electron chi connectivity index (χ1n) is 10.1. The number of rotatable bonds is 4. The highest BCUT2D eigenvalue weighted by Gasteiger charge is 2.43. The summed E-state index contributed by atoms with van der Waals surface area (Å²) in [4.78, 5) is 0. The van der Waals surface area contributed by atoms with Crippen molar-refractivity contribution in [2.24, 2.45) is 5.41 Å². The maximum atomic E-state index is 13.3. The minimum absolute atomic E-state index is 0.0139. The lowest BCUT2D eigenvalue weighted by Gasteiger charge is -2.46. The van der Waals surface area contributed by atoms with E-state index < -0.39 is 20.1 Å². The Morgan fingerprint density at radius 2 is 1.83 bits per heavy atom. The standard InChI is InChI=1S/C22H33F3N2OSi/c1-20(2,3)29(6,7)28-17-10-11-21(4,5)19(13-17)27-16-9-8-15(14-26)18(12-16)22(23,24)25/h8-9,12,17,19,27H,10-11,13H2,1-7H3. The second kappa shape index (κ2) is 7.96. The summed E-state index contributed by atoms with van der Waals surface area (Å²) in [5.74, 6) is 0. The lowest BCUT2D eigenvalue weighted by Crippen LogP contribution is -2.49. The predicted octanol–water partition coefficient (Wildman–Crippen LogP) is 6.96. The Morgan fingerprint density at radius 1 is 1.21 bits per heavy atom. The Hall–Kier alpha value is -1.52. The molecule has 7 heteroatoms. The van der Waals surface area contributed by atoms with Gasteiger partial charge in [0.15, 0.2) is 8.32 Å². The molecule has 0 radical (unpaired) electrons. The minimum atomic E-state index is -4.56. The van der Waals surface area contributed by atoms with E-state index in [2.05, 4.69) is 53.0 Å². The summed E-state index contributed by atoms with van der Waals surface area (Å²) < 4.78 is 46.5. The third-order valence-electron chi connectivity index (χ3n) is 6.61. The molecule has 0 aromatic heterocycles. The van der Waals surface area contributed by atoms with Crippen LogP contribution < -0.4 is 5.32 Å². The van der Waals surface area contributed by atoms with Crippen LogP contribution in [0.15, 0.2) is 18.2 Å². The van der Waals surface area contributed by atoms with E-state index in [9.17, 15) is 13.2 Å². The molecule has 1 fully saturated rings. The molecule has 2 rings (SSSR count). The monoisotopic (exact) mass is 426 g/mol. The van der Waals surface area contributed by atoms with Crippen LogP contribution in [-0.4, -0.2) is 20.5 Å². The quantitative estimate of drug-likeness (QED) is 0.529. The third kappa shape index (κ3) is 5.55. The van der Waals surface area contributed by atoms with Gasteiger partial charge in [0.05, 0.1) is 17.2 Å². The summed E-state index contributed by atoms with van der Waals surface area (Å²) in [6.45, 7) is 15.4. The zero-order chi connectivity index (χ0) is 22.3. The predicted molar refractivity (Wildman–Crippen MR) is 113 cm³/mol. The van der Waals surface area contributed by atoms with Gasteiger partial charge in [-0.1, -0.05) is 34.6 Å². The molecular weight excluding hydrogens is 393 g/mol. The molecule has 0 bridgehead atoms. The van der Waals surface area contributed by atoms with Crippen LogP contribution >= 0.6 is 0 Å². The molecule has 0 aliphatic heterocycles. The van der Waals surface area contributed by atoms with Gasteiger partial charge in [0, 0.05) is 17.8 Å². The molecule has 0 amide bonds. The van der Waals surface area contributed by atoms with Gasteiger partial charge >= 0.3 is 6.18 Å². The summed E-state index contributed by atoms with van der Waals surface area (Å²) in [5, 5.41) is 12.4. The number of nitrogens with one attached hydrogen (secondary N) is 1. The van der Waals surface area contributed by atoms with Crippen LogP contribution in [0.5, 0.6) is 0 Å². The third-order valence-corrected chi connectivity index (χ3v) is 11.1. The van der Waals surface area contributed by atoms with Gasteiger partial charge in [-0.3, -0.25) is 0 Å². The van der Waals surface area contributed by atoms with Crippen molar-refractivity contribution < 1.29 is 17.6 Å². The Balaban J connectivity index is 2.23. The summed E-state index contributed by atoms with van der Waals surface area (Å²) >= 11 is 0. The zero-order valence-corrected chi connectivity index (χ0v) is 19.5. The van der Waals surface area contributed by atoms with Crippen molar-refractivity contribution in [1.29, 1.82) is 5.26 Å². The van der Waals surface area contributed by atoms with E-state index in [4.69, 9.17) is 9.69 Å². The highest BCUT2D eigenvalue weighted by molar-refractivity contribution is 6.74. The number of nitriles is 1. The van der Waals surface area contributed by atoms with Crippen molar-refractivity contribution in [2.45, 2.75) is 90.3 Å². The van der Waals surface area contributed by atoms with E-state index >= 15 is 0 Å². The number of halogens is 3. The van der Waals surface area contributed by atoms with Gasteiger partial charge in [0.1, 0.15) is 0 Å². The number of anilines is 1. The molecule has 0 saturated heterocycles. The lowest BCUT2D eigenvalue weighted by molar-refractivity contribution is -0.137. The van der Waals surface area contributed by atoms with Crippen molar-refractivity contribution in [3.8, 4) is 6.07 Å². The molecule has 2 atom stereocenters. The number of alkyl halides is 3. The minimum Gasteiger partial charge on any atom is -0.414 e. The Kier molecular flexibility index (Phi) is 6.52. The molecule has 0 heterocycles. The molecule has 3 nitrogen and oxygen atoms in total. The average Bonchev–Trinajstić information content (AvgIpc) is 2.56. The second-order valence-electron chi connectivity index (χ2n) is 10.3. The Labute approximate surface area is 173 Å². The van der Waals surface area contributed by atoms with E-state index in [-0.39, 0.29) is 28.2 Å². The lowest BCUT2D eigenvalue weighted by atomic mass is 9.72. The van der Waals surface area contributed by atoms with Crippen LogP contribution in [0, 0.1) is 16.7 Å². The van der Waals surface area contributed by atoms with Gasteiger partial charge in [-0.05, 0) is 61.0 Å². The van der Waals surface area contributed by atoms with Crippen molar-refractivity contribution in [2.75, 3.05) is 5.32 Å². The number of hydrogen-bond acceptors (Lipinski definition) is 3. The van der Waals surface area contributed by atoms with E-state index in [1.807, 2.05) is 0 Å². The first kappa shape index (κ1) is 23.8. The van der Waals surface area contributed by atoms with Gasteiger partial charge < -0.3 is 9.74 Å². The van der Waals surface area contributed by atoms with Crippen LogP contribution in [0.3, 0.4) is 0 Å². The Bertz CT molecular complexity index is 776. The maximum Gasteiger partial charge on any atom is 0.417 e. The molecule has 1 aliphatic carbocycles. The topological polar surface area (TPSA) is 45.0 Å². The van der Waals surface area contributed by atoms with Gasteiger partial charge in [-0.25, -0.2) is 0 Å². The fraction of sp³-hybridized carbons (Fsp3) is 0.682. The van der Waals surface area contributed by atoms with E-state index in [0.29, 0.717) is 5.69 Å². The second-order valence-corrected chi connectivity index (χ2v) is 15.1. The molecule has 0 spiro atoms. The van der Waals surface area contributed by atoms with Gasteiger partial charge in [0.25, 0.3) is 0 Å². The zero-order valence-electron chi connectivity index (χ0n) is 18.5. The summed E-state index contributed by atoms with van der Waals surface area (Å²) in [5.41, 5.74) is -0.931. The van der Waals surface area contributed by atoms with Gasteiger partial charge in [0.2, 0.25) is 0 Å². The fourth-order valence-corrected chi connectivity index (χ4v) is 4.93. The molecule has 2 unspecified atom stereocenters. The average molecular weight is 427 g/mol. The maximum absolute atomic E-state index is 13.3. The van der Waals surface area contributed by atoms with Crippen LogP contribution in [0.1, 0.15) is 65.0 Å². The number of benzene rings is 1. The van der Waals surface area contributed by atoms with Gasteiger partial charge in [-0.2, -0.15) is 18.4 Å². The fourth-order valence-electron chi connectivity index (χ4n) is 3.53. The van der Waals surface area contributed by atoms with Crippen molar-refractivity contribution in [3.63, 3.8) is 0 Å². The summed E-state index contributed by atoms with van der Waals surface area (Å²) in [6, 6.07) is 5.47. The van der Waals surface area contributed by atoms with E-state index in [1.54, 1.807) is 12.1 Å². The first-order chi connectivity index (χ1) is 13.1. The largest absolute Gasteiger partial charge is 0.417 e. The Morgan fingerprint density at radius 3 is 2.34 bits per heavy atom. The normalized spacial score (nSPS) is 22.8. The van der Waals surface area contributed by atoms with Crippen LogP contribution in [-0.2, 0) is 10.6 Å². The SMILES string of the molecule is CC1(C)CCC(O[Si](C)(C)C(C)(C)C)CC1Nc1ccc(C#N)c(C(F)(F)F)c1. The van der Waals surface area contributed by atoms with Gasteiger partial charge in [-0.15, -0.1) is 0 Å². The van der Waals surface area contributed by atoms with E-state index in [0.717, 1.165) is 25.3 Å². The molecule has 29 heavy (non-hydrogen) atoms. The van der Waals surface area contributed by atoms with Crippen molar-refractivity contribution >= 4 is 14.0 Å². The molecule has 1 aromatic rings. The summed E-state index contributed by atoms with van der Waals surface area (Å²) in [7, 11) is -1.92. The first-order valence-corrected chi connectivity index (χ1v) is 13.0. The van der Waals surface area contributed by atoms with Crippen LogP contribution in [0.2, 0.25) is 18.1 Å². The highest BCUT2D eigenvalue weighted by Crippen LogP contribution is 2.43. The van der Waals surface area contributed by atoms with E-state index in [1.165, 1.54) is 6.07 Å². The van der Waals surface area contributed by atoms with Crippen molar-refractivity contribution in [1.82, 2.24) is 0 Å². The smallest absolute Gasteiger partial charge is 0.414 e.